The Hall–Kier alpha value is -1.97. The number of benzene rings is 3. The molecule has 0 radical (unpaired) electrons. The summed E-state index contributed by atoms with van der Waals surface area (Å²) in [6.45, 7) is 14.8. The third-order valence-corrected chi connectivity index (χ3v) is 14.2. The second kappa shape index (κ2) is 12.7. The molecule has 5 rings (SSSR count). The van der Waals surface area contributed by atoms with Crippen molar-refractivity contribution in [2.24, 2.45) is 0 Å². The van der Waals surface area contributed by atoms with E-state index in [4.69, 9.17) is 23.1 Å². The summed E-state index contributed by atoms with van der Waals surface area (Å²) in [5.41, 5.74) is 1.93. The van der Waals surface area contributed by atoms with Crippen molar-refractivity contribution in [2.45, 2.75) is 99.6 Å². The van der Waals surface area contributed by atoms with E-state index in [-0.39, 0.29) is 39.9 Å². The third kappa shape index (κ3) is 6.83. The molecule has 5 nitrogen and oxygen atoms in total. The summed E-state index contributed by atoms with van der Waals surface area (Å²) in [5.74, 6) is 0. The quantitative estimate of drug-likeness (QED) is 0.246. The van der Waals surface area contributed by atoms with Crippen LogP contribution in [-0.4, -0.2) is 45.0 Å². The molecule has 3 aromatic carbocycles. The fraction of sp³-hybridized carbons (Fsp3) is 0.471. The third-order valence-electron chi connectivity index (χ3n) is 7.88. The van der Waals surface area contributed by atoms with Crippen molar-refractivity contribution < 1.29 is 23.1 Å². The minimum Gasteiger partial charge on any atom is -0.391 e. The van der Waals surface area contributed by atoms with E-state index in [9.17, 15) is 0 Å². The molecule has 3 aromatic rings. The first-order valence-electron chi connectivity index (χ1n) is 14.6. The zero-order chi connectivity index (χ0) is 29.1. The maximum absolute atomic E-state index is 7.44. The molecule has 2 saturated heterocycles. The lowest BCUT2D eigenvalue weighted by Crippen LogP contribution is -2.63. The van der Waals surface area contributed by atoms with E-state index in [0.29, 0.717) is 19.8 Å². The molecular formula is C34H44O5SSi. The largest absolute Gasteiger partial charge is 0.391 e. The van der Waals surface area contributed by atoms with Gasteiger partial charge < -0.3 is 23.1 Å². The Morgan fingerprint density at radius 3 is 1.71 bits per heavy atom. The van der Waals surface area contributed by atoms with Crippen LogP contribution in [-0.2, 0) is 36.3 Å². The van der Waals surface area contributed by atoms with E-state index in [1.165, 1.54) is 0 Å². The first kappa shape index (κ1) is 30.5. The van der Waals surface area contributed by atoms with Gasteiger partial charge in [-0.15, -0.1) is 0 Å². The van der Waals surface area contributed by atoms with E-state index in [2.05, 4.69) is 90.1 Å². The second-order valence-corrected chi connectivity index (χ2v) is 18.9. The van der Waals surface area contributed by atoms with E-state index in [1.54, 1.807) is 11.8 Å². The van der Waals surface area contributed by atoms with Gasteiger partial charge in [-0.1, -0.05) is 132 Å². The lowest BCUT2D eigenvalue weighted by Gasteiger charge is -2.51. The summed E-state index contributed by atoms with van der Waals surface area (Å²) in [4.78, 5) is 1.13. The number of hydrogen-bond acceptors (Lipinski definition) is 6. The standard InChI is InChI=1S/C34H44O5SSi/c1-33(2,3)41(34(4,5)6)37-24-28-29(35-22-25-16-10-7-11-17-25)30(39-41)31(36-23-26-18-12-8-13-19-26)32(38-28)40-27-20-14-9-15-21-27/h7-21,28-32H,22-24H2,1-6H3/t28?,29-,30?,31?,32+/m0/s1. The fourth-order valence-electron chi connectivity index (χ4n) is 6.12. The Morgan fingerprint density at radius 1 is 0.707 bits per heavy atom. The molecule has 0 saturated carbocycles. The first-order valence-corrected chi connectivity index (χ1v) is 17.3. The molecule has 0 aliphatic carbocycles. The minimum absolute atomic E-state index is 0.196. The van der Waals surface area contributed by atoms with Crippen LogP contribution < -0.4 is 0 Å². The Labute approximate surface area is 251 Å². The van der Waals surface area contributed by atoms with Crippen molar-refractivity contribution in [3.8, 4) is 0 Å². The highest BCUT2D eigenvalue weighted by Crippen LogP contribution is 2.55. The van der Waals surface area contributed by atoms with Gasteiger partial charge in [-0.05, 0) is 23.3 Å². The van der Waals surface area contributed by atoms with Crippen molar-refractivity contribution in [2.75, 3.05) is 6.61 Å². The highest BCUT2D eigenvalue weighted by Gasteiger charge is 2.64. The monoisotopic (exact) mass is 592 g/mol. The first-order chi connectivity index (χ1) is 19.6. The molecule has 2 fully saturated rings. The maximum Gasteiger partial charge on any atom is 0.349 e. The van der Waals surface area contributed by atoms with E-state index in [1.807, 2.05) is 42.5 Å². The van der Waals surface area contributed by atoms with Crippen LogP contribution in [0, 0.1) is 0 Å². The lowest BCUT2D eigenvalue weighted by molar-refractivity contribution is -0.221. The Kier molecular flexibility index (Phi) is 9.46. The molecule has 0 amide bonds. The SMILES string of the molecule is CC(C)(C)[Si]1(C(C)(C)C)OCC2O[C@H](Sc3ccccc3)C(OCc3ccccc3)C(O1)[C@H]2OCc1ccccc1. The molecule has 0 N–H and O–H groups in total. The molecule has 2 aliphatic rings. The summed E-state index contributed by atoms with van der Waals surface area (Å²) in [5, 5.41) is -0.391. The zero-order valence-corrected chi connectivity index (χ0v) is 26.9. The highest BCUT2D eigenvalue weighted by molar-refractivity contribution is 7.99. The van der Waals surface area contributed by atoms with Crippen molar-refractivity contribution in [3.05, 3.63) is 102 Å². The van der Waals surface area contributed by atoms with Crippen LogP contribution in [0.15, 0.2) is 95.9 Å². The van der Waals surface area contributed by atoms with Gasteiger partial charge in [-0.2, -0.15) is 0 Å². The van der Waals surface area contributed by atoms with Gasteiger partial charge in [0.1, 0.15) is 29.9 Å². The second-order valence-electron chi connectivity index (χ2n) is 13.0. The Bertz CT molecular complexity index is 1210. The topological polar surface area (TPSA) is 46.2 Å². The van der Waals surface area contributed by atoms with Gasteiger partial charge in [-0.25, -0.2) is 0 Å². The van der Waals surface area contributed by atoms with Gasteiger partial charge in [0.15, 0.2) is 0 Å². The van der Waals surface area contributed by atoms with Gasteiger partial charge in [-0.3, -0.25) is 0 Å². The predicted octanol–water partition coefficient (Wildman–Crippen LogP) is 8.13. The summed E-state index contributed by atoms with van der Waals surface area (Å²) >= 11 is 1.68. The molecule has 2 bridgehead atoms. The molecule has 7 heteroatoms. The fourth-order valence-corrected chi connectivity index (χ4v) is 12.2. The van der Waals surface area contributed by atoms with Crippen LogP contribution >= 0.6 is 11.8 Å². The number of ether oxygens (including phenoxy) is 3. The van der Waals surface area contributed by atoms with Crippen LogP contribution in [0.2, 0.25) is 10.1 Å². The Morgan fingerprint density at radius 2 is 1.20 bits per heavy atom. The van der Waals surface area contributed by atoms with Crippen LogP contribution in [0.4, 0.5) is 0 Å². The van der Waals surface area contributed by atoms with E-state index >= 15 is 0 Å². The molecular weight excluding hydrogens is 549 g/mol. The van der Waals surface area contributed by atoms with Gasteiger partial charge in [0.2, 0.25) is 0 Å². The van der Waals surface area contributed by atoms with Crippen LogP contribution in [0.5, 0.6) is 0 Å². The number of hydrogen-bond donors (Lipinski definition) is 0. The van der Waals surface area contributed by atoms with Crippen molar-refractivity contribution in [1.29, 1.82) is 0 Å². The van der Waals surface area contributed by atoms with Crippen molar-refractivity contribution in [3.63, 3.8) is 0 Å². The molecule has 2 aliphatic heterocycles. The number of thioether (sulfide) groups is 1. The Balaban J connectivity index is 1.54. The zero-order valence-electron chi connectivity index (χ0n) is 25.1. The molecule has 0 spiro atoms. The van der Waals surface area contributed by atoms with E-state index < -0.39 is 8.56 Å². The van der Waals surface area contributed by atoms with Gasteiger partial charge in [0, 0.05) is 15.0 Å². The van der Waals surface area contributed by atoms with Crippen LogP contribution in [0.25, 0.3) is 0 Å². The van der Waals surface area contributed by atoms with Crippen LogP contribution in [0.3, 0.4) is 0 Å². The number of fused-ring (bicyclic) bond motifs is 2. The molecule has 220 valence electrons. The smallest absolute Gasteiger partial charge is 0.349 e. The summed E-state index contributed by atoms with van der Waals surface area (Å²) in [6.07, 6.45) is -1.38. The predicted molar refractivity (Wildman–Crippen MR) is 167 cm³/mol. The van der Waals surface area contributed by atoms with Crippen molar-refractivity contribution in [1.82, 2.24) is 0 Å². The highest BCUT2D eigenvalue weighted by atomic mass is 32.2. The maximum atomic E-state index is 7.44. The molecule has 3 unspecified atom stereocenters. The minimum atomic E-state index is -2.89. The average Bonchev–Trinajstić information content (AvgIpc) is 3.07. The van der Waals surface area contributed by atoms with Gasteiger partial charge in [0.05, 0.1) is 19.8 Å². The molecule has 41 heavy (non-hydrogen) atoms. The van der Waals surface area contributed by atoms with E-state index in [0.717, 1.165) is 16.0 Å². The normalized spacial score (nSPS) is 26.3. The average molecular weight is 593 g/mol. The molecule has 5 atom stereocenters. The van der Waals surface area contributed by atoms with Gasteiger partial charge >= 0.3 is 8.56 Å². The summed E-state index contributed by atoms with van der Waals surface area (Å²) < 4.78 is 34.8. The number of rotatable bonds is 8. The summed E-state index contributed by atoms with van der Waals surface area (Å²) in [7, 11) is -2.89. The lowest BCUT2D eigenvalue weighted by atomic mass is 9.99. The molecule has 0 aromatic heterocycles. The molecule has 2 heterocycles. The van der Waals surface area contributed by atoms with Gasteiger partial charge in [0.25, 0.3) is 0 Å². The van der Waals surface area contributed by atoms with Crippen molar-refractivity contribution >= 4 is 20.3 Å². The van der Waals surface area contributed by atoms with Crippen LogP contribution in [0.1, 0.15) is 52.7 Å². The summed E-state index contributed by atoms with van der Waals surface area (Å²) in [6, 6.07) is 31.0.